The average Bonchev–Trinajstić information content (AvgIpc) is 2.40. The van der Waals surface area contributed by atoms with Gasteiger partial charge >= 0.3 is 0 Å². The number of ether oxygens (including phenoxy) is 1. The smallest absolute Gasteiger partial charge is 0.142 e. The molecule has 0 atom stereocenters. The Morgan fingerprint density at radius 3 is 2.40 bits per heavy atom. The van der Waals surface area contributed by atoms with Crippen molar-refractivity contribution in [1.29, 1.82) is 0 Å². The Morgan fingerprint density at radius 1 is 1.15 bits per heavy atom. The fraction of sp³-hybridized carbons (Fsp3) is 0.286. The predicted octanol–water partition coefficient (Wildman–Crippen LogP) is 4.79. The minimum Gasteiger partial charge on any atom is -0.381 e. The molecular weight excluding hydrogens is 363 g/mol. The highest BCUT2D eigenvalue weighted by Gasteiger charge is 2.15. The van der Waals surface area contributed by atoms with Crippen LogP contribution in [-0.2, 0) is 11.2 Å². The molecule has 0 N–H and O–H groups in total. The second-order valence-electron chi connectivity index (χ2n) is 4.02. The second-order valence-corrected chi connectivity index (χ2v) is 5.59. The van der Waals surface area contributed by atoms with Gasteiger partial charge in [0.25, 0.3) is 0 Å². The summed E-state index contributed by atoms with van der Waals surface area (Å²) in [6.45, 7) is 3.16. The van der Waals surface area contributed by atoms with Gasteiger partial charge in [-0.2, -0.15) is 0 Å². The quantitative estimate of drug-likeness (QED) is 0.556. The van der Waals surface area contributed by atoms with Crippen LogP contribution in [0.2, 0.25) is 10.3 Å². The van der Waals surface area contributed by atoms with Crippen LogP contribution in [0.1, 0.15) is 12.7 Å². The molecule has 1 aromatic heterocycles. The first kappa shape index (κ1) is 15.7. The van der Waals surface area contributed by atoms with Crippen LogP contribution in [0.25, 0.3) is 11.1 Å². The zero-order chi connectivity index (χ0) is 14.5. The summed E-state index contributed by atoms with van der Waals surface area (Å²) in [5, 5.41) is 0.701. The predicted molar refractivity (Wildman–Crippen MR) is 85.4 cm³/mol. The lowest BCUT2D eigenvalue weighted by molar-refractivity contribution is 0.149. The van der Waals surface area contributed by atoms with Crippen molar-refractivity contribution in [3.8, 4) is 11.1 Å². The van der Waals surface area contributed by atoms with Crippen LogP contribution < -0.4 is 0 Å². The molecule has 0 spiro atoms. The van der Waals surface area contributed by atoms with Crippen molar-refractivity contribution in [1.82, 2.24) is 9.97 Å². The lowest BCUT2D eigenvalue weighted by Crippen LogP contribution is -2.04. The molecule has 0 saturated carbocycles. The molecule has 1 heterocycles. The maximum atomic E-state index is 6.26. The fourth-order valence-electron chi connectivity index (χ4n) is 1.75. The van der Waals surface area contributed by atoms with E-state index in [2.05, 4.69) is 25.9 Å². The molecule has 0 saturated heterocycles. The highest BCUT2D eigenvalue weighted by atomic mass is 79.9. The number of rotatable bonds is 5. The van der Waals surface area contributed by atoms with Gasteiger partial charge in [0.1, 0.15) is 16.1 Å². The molecule has 0 aliphatic carbocycles. The van der Waals surface area contributed by atoms with E-state index < -0.39 is 0 Å². The Hall–Kier alpha value is -0.680. The van der Waals surface area contributed by atoms with Gasteiger partial charge in [-0.25, -0.2) is 9.97 Å². The summed E-state index contributed by atoms with van der Waals surface area (Å²) in [5.74, 6) is 0.587. The van der Waals surface area contributed by atoms with Crippen molar-refractivity contribution < 1.29 is 4.74 Å². The Labute approximate surface area is 136 Å². The van der Waals surface area contributed by atoms with E-state index >= 15 is 0 Å². The van der Waals surface area contributed by atoms with Crippen LogP contribution in [0.15, 0.2) is 28.7 Å². The Bertz CT molecular complexity index is 584. The van der Waals surface area contributed by atoms with E-state index in [1.807, 2.05) is 31.2 Å². The summed E-state index contributed by atoms with van der Waals surface area (Å²) in [6, 6.07) is 7.67. The number of hydrogen-bond donors (Lipinski definition) is 0. The molecule has 0 fully saturated rings. The molecular formula is C14H13BrCl2N2O. The van der Waals surface area contributed by atoms with Crippen molar-refractivity contribution in [2.75, 3.05) is 13.2 Å². The summed E-state index contributed by atoms with van der Waals surface area (Å²) in [6.07, 6.45) is 0.587. The first-order chi connectivity index (χ1) is 9.63. The van der Waals surface area contributed by atoms with E-state index in [0.717, 1.165) is 10.0 Å². The Kier molecular flexibility index (Phi) is 5.78. The van der Waals surface area contributed by atoms with Gasteiger partial charge in [-0.3, -0.25) is 0 Å². The molecule has 0 aliphatic rings. The third kappa shape index (κ3) is 3.70. The molecule has 20 heavy (non-hydrogen) atoms. The summed E-state index contributed by atoms with van der Waals surface area (Å²) in [7, 11) is 0. The Morgan fingerprint density at radius 2 is 1.80 bits per heavy atom. The molecule has 0 unspecified atom stereocenters. The van der Waals surface area contributed by atoms with Crippen LogP contribution in [0.3, 0.4) is 0 Å². The zero-order valence-electron chi connectivity index (χ0n) is 10.9. The largest absolute Gasteiger partial charge is 0.381 e. The van der Waals surface area contributed by atoms with Gasteiger partial charge < -0.3 is 4.74 Å². The first-order valence-electron chi connectivity index (χ1n) is 6.18. The third-order valence-corrected chi connectivity index (χ3v) is 3.92. The van der Waals surface area contributed by atoms with Crippen LogP contribution in [0.4, 0.5) is 0 Å². The zero-order valence-corrected chi connectivity index (χ0v) is 14.0. The maximum absolute atomic E-state index is 6.26. The van der Waals surface area contributed by atoms with Crippen molar-refractivity contribution in [3.05, 3.63) is 44.9 Å². The van der Waals surface area contributed by atoms with E-state index in [4.69, 9.17) is 27.9 Å². The van der Waals surface area contributed by atoms with Gasteiger partial charge in [-0.15, -0.1) is 0 Å². The van der Waals surface area contributed by atoms with Gasteiger partial charge in [-0.05, 0) is 13.0 Å². The van der Waals surface area contributed by atoms with E-state index in [0.29, 0.717) is 41.3 Å². The molecule has 2 aromatic rings. The second kappa shape index (κ2) is 7.36. The van der Waals surface area contributed by atoms with E-state index in [1.165, 1.54) is 0 Å². The van der Waals surface area contributed by atoms with E-state index in [1.54, 1.807) is 0 Å². The van der Waals surface area contributed by atoms with E-state index in [9.17, 15) is 0 Å². The number of nitrogens with zero attached hydrogens (tertiary/aromatic N) is 2. The van der Waals surface area contributed by atoms with Gasteiger partial charge in [0.05, 0.1) is 12.2 Å². The van der Waals surface area contributed by atoms with Gasteiger partial charge in [0, 0.05) is 23.1 Å². The van der Waals surface area contributed by atoms with Crippen molar-refractivity contribution in [2.45, 2.75) is 13.3 Å². The van der Waals surface area contributed by atoms with Crippen molar-refractivity contribution >= 4 is 39.1 Å². The lowest BCUT2D eigenvalue weighted by Gasteiger charge is -2.10. The molecule has 6 heteroatoms. The van der Waals surface area contributed by atoms with Crippen LogP contribution in [0.5, 0.6) is 0 Å². The standard InChI is InChI=1S/C14H13BrCl2N2O/c1-2-20-8-7-11-18-13(16)12(14(17)19-11)9-5-3-4-6-10(9)15/h3-6H,2,7-8H2,1H3. The van der Waals surface area contributed by atoms with Crippen LogP contribution in [0, 0.1) is 0 Å². The Balaban J connectivity index is 2.34. The summed E-state index contributed by atoms with van der Waals surface area (Å²) < 4.78 is 6.18. The number of aromatic nitrogens is 2. The molecule has 106 valence electrons. The highest BCUT2D eigenvalue weighted by Crippen LogP contribution is 2.36. The van der Waals surface area contributed by atoms with Gasteiger partial charge in [0.2, 0.25) is 0 Å². The van der Waals surface area contributed by atoms with Gasteiger partial charge in [0.15, 0.2) is 0 Å². The number of benzene rings is 1. The molecule has 0 radical (unpaired) electrons. The SMILES string of the molecule is CCOCCc1nc(Cl)c(-c2ccccc2Br)c(Cl)n1. The molecule has 0 aliphatic heterocycles. The minimum atomic E-state index is 0.350. The van der Waals surface area contributed by atoms with Crippen LogP contribution >= 0.6 is 39.1 Å². The number of halogens is 3. The maximum Gasteiger partial charge on any atom is 0.142 e. The highest BCUT2D eigenvalue weighted by molar-refractivity contribution is 9.10. The first-order valence-corrected chi connectivity index (χ1v) is 7.73. The molecule has 3 nitrogen and oxygen atoms in total. The average molecular weight is 376 g/mol. The monoisotopic (exact) mass is 374 g/mol. The van der Waals surface area contributed by atoms with Gasteiger partial charge in [-0.1, -0.05) is 57.3 Å². The molecule has 1 aromatic carbocycles. The van der Waals surface area contributed by atoms with E-state index in [-0.39, 0.29) is 0 Å². The van der Waals surface area contributed by atoms with Crippen molar-refractivity contribution in [3.63, 3.8) is 0 Å². The molecule has 2 rings (SSSR count). The topological polar surface area (TPSA) is 35.0 Å². The summed E-state index contributed by atoms with van der Waals surface area (Å²) >= 11 is 16.0. The number of hydrogen-bond acceptors (Lipinski definition) is 3. The van der Waals surface area contributed by atoms with Crippen molar-refractivity contribution in [2.24, 2.45) is 0 Å². The lowest BCUT2D eigenvalue weighted by atomic mass is 10.1. The normalized spacial score (nSPS) is 10.8. The molecule has 0 bridgehead atoms. The fourth-order valence-corrected chi connectivity index (χ4v) is 2.86. The van der Waals surface area contributed by atoms with Crippen LogP contribution in [-0.4, -0.2) is 23.2 Å². The summed E-state index contributed by atoms with van der Waals surface area (Å²) in [5.41, 5.74) is 1.51. The third-order valence-electron chi connectivity index (χ3n) is 2.68. The molecule has 0 amide bonds. The summed E-state index contributed by atoms with van der Waals surface area (Å²) in [4.78, 5) is 8.58. The minimum absolute atomic E-state index is 0.350.